The summed E-state index contributed by atoms with van der Waals surface area (Å²) in [4.78, 5) is 18.0. The summed E-state index contributed by atoms with van der Waals surface area (Å²) in [6, 6.07) is 9.73. The van der Waals surface area contributed by atoms with Gasteiger partial charge in [0.1, 0.15) is 5.75 Å². The molecule has 7 heteroatoms. The van der Waals surface area contributed by atoms with Crippen LogP contribution in [0.2, 0.25) is 0 Å². The third-order valence-corrected chi connectivity index (χ3v) is 4.98. The molecule has 1 saturated heterocycles. The maximum absolute atomic E-state index is 14.8. The van der Waals surface area contributed by atoms with Crippen LogP contribution in [-0.4, -0.2) is 31.7 Å². The van der Waals surface area contributed by atoms with E-state index in [1.807, 2.05) is 0 Å². The second kappa shape index (κ2) is 7.95. The number of carbonyl (C=O) groups is 1. The van der Waals surface area contributed by atoms with Crippen molar-refractivity contribution in [3.63, 3.8) is 0 Å². The number of hydrogen-bond acceptors (Lipinski definition) is 5. The molecule has 3 aromatic rings. The number of nitrogens with zero attached hydrogens (tertiary/aromatic N) is 2. The molecule has 2 heterocycles. The molecule has 1 aliphatic rings. The third kappa shape index (κ3) is 3.68. The van der Waals surface area contributed by atoms with E-state index in [0.717, 1.165) is 12.8 Å². The molecular formula is C22H21FN2O4. The molecule has 29 heavy (non-hydrogen) atoms. The van der Waals surface area contributed by atoms with Crippen molar-refractivity contribution in [3.05, 3.63) is 48.4 Å². The average Bonchev–Trinajstić information content (AvgIpc) is 2.74. The molecular weight excluding hydrogens is 375 g/mol. The maximum Gasteiger partial charge on any atom is 0.226 e. The van der Waals surface area contributed by atoms with Gasteiger partial charge in [-0.2, -0.15) is 0 Å². The predicted octanol–water partition coefficient (Wildman–Crippen LogP) is 4.70. The summed E-state index contributed by atoms with van der Waals surface area (Å²) in [5, 5.41) is 0.667. The molecule has 0 bridgehead atoms. The minimum absolute atomic E-state index is 0.0190. The highest BCUT2D eigenvalue weighted by Gasteiger charge is 2.21. The van der Waals surface area contributed by atoms with E-state index in [-0.39, 0.29) is 11.7 Å². The molecule has 1 aromatic heterocycles. The fourth-order valence-corrected chi connectivity index (χ4v) is 3.47. The van der Waals surface area contributed by atoms with E-state index in [9.17, 15) is 9.18 Å². The number of ether oxygens (including phenoxy) is 3. The SMILES string of the molecule is COc1cc2nccc(Oc3ccc(N4CCCCC4=O)cc3F)c2cc1OC. The van der Waals surface area contributed by atoms with Crippen LogP contribution in [0.15, 0.2) is 42.6 Å². The van der Waals surface area contributed by atoms with Gasteiger partial charge in [0.15, 0.2) is 23.1 Å². The monoisotopic (exact) mass is 396 g/mol. The van der Waals surface area contributed by atoms with Gasteiger partial charge in [-0.25, -0.2) is 4.39 Å². The topological polar surface area (TPSA) is 60.9 Å². The van der Waals surface area contributed by atoms with Gasteiger partial charge in [0.25, 0.3) is 0 Å². The number of rotatable bonds is 5. The van der Waals surface area contributed by atoms with Crippen LogP contribution in [0.25, 0.3) is 10.9 Å². The number of hydrogen-bond donors (Lipinski definition) is 0. The molecule has 6 nitrogen and oxygen atoms in total. The van der Waals surface area contributed by atoms with Gasteiger partial charge < -0.3 is 19.1 Å². The Kier molecular flexibility index (Phi) is 5.20. The molecule has 0 saturated carbocycles. The van der Waals surface area contributed by atoms with Crippen molar-refractivity contribution in [2.45, 2.75) is 19.3 Å². The van der Waals surface area contributed by atoms with E-state index in [1.165, 1.54) is 6.07 Å². The Morgan fingerprint density at radius 1 is 0.966 bits per heavy atom. The van der Waals surface area contributed by atoms with Gasteiger partial charge in [-0.3, -0.25) is 9.78 Å². The number of carbonyl (C=O) groups excluding carboxylic acids is 1. The first-order chi connectivity index (χ1) is 14.1. The van der Waals surface area contributed by atoms with Gasteiger partial charge in [0, 0.05) is 42.4 Å². The van der Waals surface area contributed by atoms with Crippen LogP contribution < -0.4 is 19.1 Å². The van der Waals surface area contributed by atoms with Crippen molar-refractivity contribution in [1.82, 2.24) is 4.98 Å². The van der Waals surface area contributed by atoms with Crippen LogP contribution in [-0.2, 0) is 4.79 Å². The van der Waals surface area contributed by atoms with Crippen molar-refractivity contribution in [3.8, 4) is 23.0 Å². The van der Waals surface area contributed by atoms with Crippen LogP contribution in [0.3, 0.4) is 0 Å². The van der Waals surface area contributed by atoms with E-state index in [0.29, 0.717) is 46.8 Å². The third-order valence-electron chi connectivity index (χ3n) is 4.98. The normalized spacial score (nSPS) is 14.2. The zero-order valence-electron chi connectivity index (χ0n) is 16.3. The molecule has 2 aromatic carbocycles. The van der Waals surface area contributed by atoms with Gasteiger partial charge in [0.05, 0.1) is 19.7 Å². The summed E-state index contributed by atoms with van der Waals surface area (Å²) in [6.45, 7) is 0.606. The maximum atomic E-state index is 14.8. The molecule has 0 spiro atoms. The molecule has 1 aliphatic heterocycles. The average molecular weight is 396 g/mol. The van der Waals surface area contributed by atoms with Crippen molar-refractivity contribution >= 4 is 22.5 Å². The molecule has 1 amide bonds. The van der Waals surface area contributed by atoms with Crippen molar-refractivity contribution in [2.24, 2.45) is 0 Å². The molecule has 0 radical (unpaired) electrons. The number of pyridine rings is 1. The van der Waals surface area contributed by atoms with Crippen LogP contribution in [0, 0.1) is 5.82 Å². The fraction of sp³-hybridized carbons (Fsp3) is 0.273. The number of piperidine rings is 1. The Labute approximate surface area is 167 Å². The van der Waals surface area contributed by atoms with Crippen molar-refractivity contribution in [2.75, 3.05) is 25.7 Å². The second-order valence-corrected chi connectivity index (χ2v) is 6.75. The van der Waals surface area contributed by atoms with E-state index < -0.39 is 5.82 Å². The predicted molar refractivity (Wildman–Crippen MR) is 108 cm³/mol. The Bertz CT molecular complexity index is 1070. The number of aromatic nitrogens is 1. The smallest absolute Gasteiger partial charge is 0.226 e. The zero-order chi connectivity index (χ0) is 20.4. The first-order valence-corrected chi connectivity index (χ1v) is 9.39. The lowest BCUT2D eigenvalue weighted by Crippen LogP contribution is -2.35. The largest absolute Gasteiger partial charge is 0.493 e. The highest BCUT2D eigenvalue weighted by atomic mass is 19.1. The van der Waals surface area contributed by atoms with Crippen molar-refractivity contribution < 1.29 is 23.4 Å². The fourth-order valence-electron chi connectivity index (χ4n) is 3.47. The van der Waals surface area contributed by atoms with Gasteiger partial charge in [-0.15, -0.1) is 0 Å². The summed E-state index contributed by atoms with van der Waals surface area (Å²) in [5.74, 6) is 1.07. The highest BCUT2D eigenvalue weighted by Crippen LogP contribution is 2.38. The number of benzene rings is 2. The summed E-state index contributed by atoms with van der Waals surface area (Å²) >= 11 is 0. The van der Waals surface area contributed by atoms with E-state index in [2.05, 4.69) is 4.98 Å². The Hall–Kier alpha value is -3.35. The number of methoxy groups -OCH3 is 2. The number of fused-ring (bicyclic) bond motifs is 1. The van der Waals surface area contributed by atoms with Crippen molar-refractivity contribution in [1.29, 1.82) is 0 Å². The van der Waals surface area contributed by atoms with Crippen LogP contribution in [0.4, 0.5) is 10.1 Å². The van der Waals surface area contributed by atoms with Gasteiger partial charge in [0.2, 0.25) is 5.91 Å². The molecule has 0 aliphatic carbocycles. The molecule has 0 N–H and O–H groups in total. The highest BCUT2D eigenvalue weighted by molar-refractivity contribution is 5.94. The first kappa shape index (κ1) is 19.0. The second-order valence-electron chi connectivity index (χ2n) is 6.75. The molecule has 4 rings (SSSR count). The Morgan fingerprint density at radius 2 is 1.76 bits per heavy atom. The Balaban J connectivity index is 1.67. The van der Waals surface area contributed by atoms with Gasteiger partial charge in [-0.05, 0) is 37.1 Å². The van der Waals surface area contributed by atoms with Gasteiger partial charge in [-0.1, -0.05) is 0 Å². The number of anilines is 1. The Morgan fingerprint density at radius 3 is 2.48 bits per heavy atom. The minimum Gasteiger partial charge on any atom is -0.493 e. The van der Waals surface area contributed by atoms with E-state index in [1.54, 1.807) is 55.6 Å². The summed E-state index contributed by atoms with van der Waals surface area (Å²) < 4.78 is 31.3. The lowest BCUT2D eigenvalue weighted by Gasteiger charge is -2.27. The number of amides is 1. The van der Waals surface area contributed by atoms with Crippen LogP contribution >= 0.6 is 0 Å². The van der Waals surface area contributed by atoms with E-state index >= 15 is 0 Å². The summed E-state index contributed by atoms with van der Waals surface area (Å²) in [5.41, 5.74) is 1.18. The van der Waals surface area contributed by atoms with Crippen LogP contribution in [0.1, 0.15) is 19.3 Å². The zero-order valence-corrected chi connectivity index (χ0v) is 16.3. The minimum atomic E-state index is -0.536. The van der Waals surface area contributed by atoms with E-state index in [4.69, 9.17) is 14.2 Å². The lowest BCUT2D eigenvalue weighted by molar-refractivity contribution is -0.119. The standard InChI is InChI=1S/C22H21FN2O4/c1-27-20-12-15-17(13-21(20)28-2)24-9-8-18(15)29-19-7-6-14(11-16(19)23)25-10-4-3-5-22(25)26/h6-9,11-13H,3-5,10H2,1-2H3. The first-order valence-electron chi connectivity index (χ1n) is 9.39. The van der Waals surface area contributed by atoms with Crippen LogP contribution in [0.5, 0.6) is 23.0 Å². The number of halogens is 1. The molecule has 150 valence electrons. The molecule has 0 atom stereocenters. The van der Waals surface area contributed by atoms with Gasteiger partial charge >= 0.3 is 0 Å². The summed E-state index contributed by atoms with van der Waals surface area (Å²) in [7, 11) is 3.09. The molecule has 0 unspecified atom stereocenters. The quantitative estimate of drug-likeness (QED) is 0.626. The summed E-state index contributed by atoms with van der Waals surface area (Å²) in [6.07, 6.45) is 3.87. The molecule has 1 fully saturated rings. The lowest BCUT2D eigenvalue weighted by atomic mass is 10.1.